The normalized spacial score (nSPS) is 13.3. The van der Waals surface area contributed by atoms with Gasteiger partial charge in [-0.2, -0.15) is 0 Å². The van der Waals surface area contributed by atoms with Crippen LogP contribution in [0.15, 0.2) is 78.9 Å². The molecule has 0 unspecified atom stereocenters. The van der Waals surface area contributed by atoms with Crippen LogP contribution < -0.4 is 19.7 Å². The summed E-state index contributed by atoms with van der Waals surface area (Å²) in [6, 6.07) is 21.3. The first-order valence-corrected chi connectivity index (χ1v) is 10.5. The van der Waals surface area contributed by atoms with Gasteiger partial charge >= 0.3 is 17.8 Å². The van der Waals surface area contributed by atoms with Crippen LogP contribution in [0, 0.1) is 0 Å². The molecule has 9 heteroatoms. The Morgan fingerprint density at radius 1 is 0.824 bits per heavy atom. The van der Waals surface area contributed by atoms with Crippen LogP contribution in [0.2, 0.25) is 0 Å². The largest absolute Gasteiger partial charge is 0.492 e. The molecule has 1 aliphatic heterocycles. The molecule has 1 aliphatic rings. The first kappa shape index (κ1) is 22.5. The number of carbonyl (C=O) groups excluding carboxylic acids is 4. The highest BCUT2D eigenvalue weighted by atomic mass is 16.5. The summed E-state index contributed by atoms with van der Waals surface area (Å²) in [6.45, 7) is 1.45. The van der Waals surface area contributed by atoms with Crippen molar-refractivity contribution in [2.75, 3.05) is 23.4 Å². The summed E-state index contributed by atoms with van der Waals surface area (Å²) < 4.78 is 11.2. The molecule has 0 spiro atoms. The maximum atomic E-state index is 12.8. The Morgan fingerprint density at radius 3 is 2.18 bits per heavy atom. The maximum absolute atomic E-state index is 12.8. The Hall–Kier alpha value is -4.66. The van der Waals surface area contributed by atoms with Crippen molar-refractivity contribution in [3.63, 3.8) is 0 Å². The van der Waals surface area contributed by atoms with E-state index in [0.29, 0.717) is 28.7 Å². The molecule has 0 bridgehead atoms. The average Bonchev–Trinajstić information content (AvgIpc) is 3.05. The average molecular weight is 459 g/mol. The summed E-state index contributed by atoms with van der Waals surface area (Å²) in [7, 11) is 0. The van der Waals surface area contributed by atoms with Crippen molar-refractivity contribution in [3.05, 3.63) is 78.9 Å². The van der Waals surface area contributed by atoms with Crippen molar-refractivity contribution in [1.29, 1.82) is 0 Å². The van der Waals surface area contributed by atoms with E-state index in [0.717, 1.165) is 4.90 Å². The highest BCUT2D eigenvalue weighted by molar-refractivity contribution is 6.53. The van der Waals surface area contributed by atoms with Crippen molar-refractivity contribution in [2.24, 2.45) is 0 Å². The van der Waals surface area contributed by atoms with Gasteiger partial charge in [-0.15, -0.1) is 0 Å². The monoisotopic (exact) mass is 459 g/mol. The van der Waals surface area contributed by atoms with E-state index >= 15 is 0 Å². The molecule has 1 heterocycles. The van der Waals surface area contributed by atoms with Gasteiger partial charge in [-0.25, -0.2) is 14.6 Å². The number of ether oxygens (including phenoxy) is 2. The molecule has 3 aromatic carbocycles. The Kier molecular flexibility index (Phi) is 6.54. The summed E-state index contributed by atoms with van der Waals surface area (Å²) in [4.78, 5) is 51.7. The van der Waals surface area contributed by atoms with Crippen LogP contribution >= 0.6 is 0 Å². The van der Waals surface area contributed by atoms with Gasteiger partial charge in [-0.3, -0.25) is 14.4 Å². The first-order chi connectivity index (χ1) is 16.5. The molecular formula is C25H21N3O6. The Labute approximate surface area is 195 Å². The molecule has 1 N–H and O–H groups in total. The predicted molar refractivity (Wildman–Crippen MR) is 124 cm³/mol. The summed E-state index contributed by atoms with van der Waals surface area (Å²) >= 11 is 0. The van der Waals surface area contributed by atoms with Gasteiger partial charge in [0.25, 0.3) is 0 Å². The van der Waals surface area contributed by atoms with Crippen molar-refractivity contribution < 1.29 is 28.7 Å². The molecule has 4 rings (SSSR count). The molecule has 9 nitrogen and oxygen atoms in total. The number of benzene rings is 3. The van der Waals surface area contributed by atoms with Crippen LogP contribution in [0.1, 0.15) is 6.92 Å². The lowest BCUT2D eigenvalue weighted by Gasteiger charge is -2.18. The molecule has 5 amide bonds. The highest BCUT2D eigenvalue weighted by Crippen LogP contribution is 2.31. The Balaban J connectivity index is 1.41. The molecule has 0 aliphatic carbocycles. The first-order valence-electron chi connectivity index (χ1n) is 10.5. The van der Waals surface area contributed by atoms with Crippen LogP contribution in [-0.2, 0) is 14.4 Å². The van der Waals surface area contributed by atoms with E-state index < -0.39 is 30.3 Å². The molecule has 3 aromatic rings. The van der Waals surface area contributed by atoms with Gasteiger partial charge in [0.05, 0.1) is 12.3 Å². The zero-order valence-electron chi connectivity index (χ0n) is 18.3. The third-order valence-electron chi connectivity index (χ3n) is 4.88. The number of nitrogens with one attached hydrogen (secondary N) is 1. The number of anilines is 2. The van der Waals surface area contributed by atoms with E-state index in [4.69, 9.17) is 9.47 Å². The number of amides is 5. The number of carbonyl (C=O) groups is 4. The van der Waals surface area contributed by atoms with Crippen molar-refractivity contribution in [2.45, 2.75) is 6.92 Å². The van der Waals surface area contributed by atoms with Crippen molar-refractivity contribution in [3.8, 4) is 17.2 Å². The van der Waals surface area contributed by atoms with Crippen LogP contribution in [0.4, 0.5) is 16.2 Å². The highest BCUT2D eigenvalue weighted by Gasteiger charge is 2.47. The van der Waals surface area contributed by atoms with E-state index in [1.165, 1.54) is 6.07 Å². The second kappa shape index (κ2) is 9.86. The number of rotatable bonds is 8. The SMILES string of the molecule is CCOc1ccccc1N1C(=O)C(=O)N(CC(=O)Nc2ccc(Oc3ccccc3)cc2)C1=O. The second-order valence-corrected chi connectivity index (χ2v) is 7.20. The topological polar surface area (TPSA) is 105 Å². The molecule has 0 aromatic heterocycles. The third-order valence-corrected chi connectivity index (χ3v) is 4.88. The minimum Gasteiger partial charge on any atom is -0.492 e. The fraction of sp³-hybridized carbons (Fsp3) is 0.120. The Morgan fingerprint density at radius 2 is 1.47 bits per heavy atom. The molecule has 0 radical (unpaired) electrons. The van der Waals surface area contributed by atoms with Gasteiger partial charge < -0.3 is 14.8 Å². The van der Waals surface area contributed by atoms with E-state index in [-0.39, 0.29) is 11.4 Å². The number of hydrogen-bond acceptors (Lipinski definition) is 6. The number of hydrogen-bond donors (Lipinski definition) is 1. The number of nitrogens with zero attached hydrogens (tertiary/aromatic N) is 2. The number of imide groups is 2. The molecule has 34 heavy (non-hydrogen) atoms. The zero-order valence-corrected chi connectivity index (χ0v) is 18.3. The van der Waals surface area contributed by atoms with Gasteiger partial charge in [0.2, 0.25) is 5.91 Å². The minimum atomic E-state index is -1.09. The summed E-state index contributed by atoms with van der Waals surface area (Å²) in [5.41, 5.74) is 0.582. The molecular weight excluding hydrogens is 438 g/mol. The molecule has 172 valence electrons. The van der Waals surface area contributed by atoms with Crippen LogP contribution in [0.3, 0.4) is 0 Å². The third kappa shape index (κ3) is 4.73. The quantitative estimate of drug-likeness (QED) is 0.406. The van der Waals surface area contributed by atoms with Crippen molar-refractivity contribution >= 4 is 35.1 Å². The van der Waals surface area contributed by atoms with Gasteiger partial charge in [-0.05, 0) is 55.5 Å². The molecule has 0 saturated carbocycles. The standard InChI is InChI=1S/C25H21N3O6/c1-2-33-21-11-7-6-10-20(21)28-24(31)23(30)27(25(28)32)16-22(29)26-17-12-14-19(15-13-17)34-18-8-4-3-5-9-18/h3-15H,2,16H2,1H3,(H,26,29). The fourth-order valence-electron chi connectivity index (χ4n) is 3.35. The van der Waals surface area contributed by atoms with Crippen LogP contribution in [-0.4, -0.2) is 41.8 Å². The van der Waals surface area contributed by atoms with Gasteiger partial charge in [0.1, 0.15) is 23.8 Å². The summed E-state index contributed by atoms with van der Waals surface area (Å²) in [5, 5.41) is 2.61. The van der Waals surface area contributed by atoms with Crippen LogP contribution in [0.5, 0.6) is 17.2 Å². The summed E-state index contributed by atoms with van der Waals surface area (Å²) in [5.74, 6) is -1.24. The smallest absolute Gasteiger partial charge is 0.339 e. The van der Waals surface area contributed by atoms with E-state index in [9.17, 15) is 19.2 Å². The summed E-state index contributed by atoms with van der Waals surface area (Å²) in [6.07, 6.45) is 0. The van der Waals surface area contributed by atoms with E-state index in [1.807, 2.05) is 30.3 Å². The van der Waals surface area contributed by atoms with E-state index in [1.54, 1.807) is 49.4 Å². The van der Waals surface area contributed by atoms with E-state index in [2.05, 4.69) is 5.32 Å². The minimum absolute atomic E-state index is 0.143. The molecule has 1 saturated heterocycles. The molecule has 0 atom stereocenters. The predicted octanol–water partition coefficient (Wildman–Crippen LogP) is 3.81. The molecule has 1 fully saturated rings. The lowest BCUT2D eigenvalue weighted by atomic mass is 10.2. The Bertz CT molecular complexity index is 1230. The number of para-hydroxylation sites is 3. The van der Waals surface area contributed by atoms with Crippen molar-refractivity contribution in [1.82, 2.24) is 4.90 Å². The zero-order chi connectivity index (χ0) is 24.1. The number of urea groups is 1. The maximum Gasteiger partial charge on any atom is 0.339 e. The lowest BCUT2D eigenvalue weighted by Crippen LogP contribution is -2.39. The van der Waals surface area contributed by atoms with Gasteiger partial charge in [0, 0.05) is 5.69 Å². The van der Waals surface area contributed by atoms with Crippen LogP contribution in [0.25, 0.3) is 0 Å². The lowest BCUT2D eigenvalue weighted by molar-refractivity contribution is -0.140. The van der Waals surface area contributed by atoms with Gasteiger partial charge in [0.15, 0.2) is 0 Å². The fourth-order valence-corrected chi connectivity index (χ4v) is 3.35. The van der Waals surface area contributed by atoms with Gasteiger partial charge in [-0.1, -0.05) is 30.3 Å². The second-order valence-electron chi connectivity index (χ2n) is 7.20.